The molecule has 0 unspecified atom stereocenters. The number of thioether (sulfide) groups is 1. The van der Waals surface area contributed by atoms with Gasteiger partial charge in [0.05, 0.1) is 10.7 Å². The van der Waals surface area contributed by atoms with E-state index in [9.17, 15) is 8.42 Å². The Labute approximate surface area is 109 Å². The van der Waals surface area contributed by atoms with Gasteiger partial charge in [-0.05, 0) is 6.92 Å². The lowest BCUT2D eigenvalue weighted by molar-refractivity contribution is 0.599. The van der Waals surface area contributed by atoms with E-state index in [1.165, 1.54) is 0 Å². The molecule has 9 heteroatoms. The number of rotatable bonds is 6. The van der Waals surface area contributed by atoms with E-state index in [0.717, 1.165) is 16.5 Å². The molecular formula is C8H14N4O2S3. The summed E-state index contributed by atoms with van der Waals surface area (Å²) in [5.74, 6) is 1.50. The van der Waals surface area contributed by atoms with Crippen LogP contribution in [-0.4, -0.2) is 25.0 Å². The molecule has 0 bridgehead atoms. The average molecular weight is 294 g/mol. The van der Waals surface area contributed by atoms with E-state index in [1.54, 1.807) is 23.1 Å². The van der Waals surface area contributed by atoms with Crippen LogP contribution in [0.4, 0.5) is 0 Å². The van der Waals surface area contributed by atoms with Gasteiger partial charge < -0.3 is 5.73 Å². The number of amidine groups is 1. The fourth-order valence-electron chi connectivity index (χ4n) is 1.04. The second-order valence-corrected chi connectivity index (χ2v) is 6.64. The van der Waals surface area contributed by atoms with Crippen molar-refractivity contribution in [2.45, 2.75) is 19.1 Å². The fourth-order valence-corrected chi connectivity index (χ4v) is 3.03. The first-order chi connectivity index (χ1) is 7.87. The standard InChI is InChI=1S/C8H14N4O2S3/c1-6-11-7(5-16-6)4-15-3-2-8(9)12-17(10,13)14/h5H,2-4H2,1H3,(H2,9,12)(H2,10,13,14). The van der Waals surface area contributed by atoms with Gasteiger partial charge in [-0.25, -0.2) is 10.1 Å². The highest BCUT2D eigenvalue weighted by atomic mass is 32.2. The summed E-state index contributed by atoms with van der Waals surface area (Å²) in [6.07, 6.45) is 0.393. The van der Waals surface area contributed by atoms with E-state index in [1.807, 2.05) is 12.3 Å². The van der Waals surface area contributed by atoms with Crippen LogP contribution >= 0.6 is 23.1 Å². The highest BCUT2D eigenvalue weighted by molar-refractivity contribution is 7.98. The topological polar surface area (TPSA) is 111 Å². The molecule has 96 valence electrons. The predicted molar refractivity (Wildman–Crippen MR) is 72.4 cm³/mol. The molecule has 0 atom stereocenters. The molecule has 0 saturated carbocycles. The molecule has 0 aliphatic rings. The number of aryl methyl sites for hydroxylation is 1. The van der Waals surface area contributed by atoms with Crippen LogP contribution in [0.1, 0.15) is 17.1 Å². The first kappa shape index (κ1) is 14.4. The maximum atomic E-state index is 10.6. The van der Waals surface area contributed by atoms with Crippen LogP contribution in [-0.2, 0) is 16.0 Å². The fraction of sp³-hybridized carbons (Fsp3) is 0.500. The summed E-state index contributed by atoms with van der Waals surface area (Å²) >= 11 is 3.23. The van der Waals surface area contributed by atoms with Gasteiger partial charge in [-0.3, -0.25) is 0 Å². The molecule has 0 saturated heterocycles. The van der Waals surface area contributed by atoms with Crippen LogP contribution in [0, 0.1) is 6.92 Å². The van der Waals surface area contributed by atoms with E-state index in [-0.39, 0.29) is 5.84 Å². The lowest BCUT2D eigenvalue weighted by atomic mass is 10.5. The van der Waals surface area contributed by atoms with Crippen LogP contribution in [0.3, 0.4) is 0 Å². The third kappa shape index (κ3) is 6.61. The average Bonchev–Trinajstić information content (AvgIpc) is 2.56. The van der Waals surface area contributed by atoms with Crippen LogP contribution in [0.5, 0.6) is 0 Å². The number of hydrogen-bond donors (Lipinski definition) is 2. The first-order valence-corrected chi connectivity index (χ1v) is 8.26. The molecule has 1 rings (SSSR count). The van der Waals surface area contributed by atoms with E-state index in [2.05, 4.69) is 9.38 Å². The lowest BCUT2D eigenvalue weighted by Gasteiger charge is -1.99. The van der Waals surface area contributed by atoms with E-state index >= 15 is 0 Å². The predicted octanol–water partition coefficient (Wildman–Crippen LogP) is 0.636. The molecule has 0 fully saturated rings. The molecule has 0 aliphatic heterocycles. The zero-order valence-electron chi connectivity index (χ0n) is 9.29. The molecule has 1 heterocycles. The summed E-state index contributed by atoms with van der Waals surface area (Å²) in [7, 11) is -3.87. The Balaban J connectivity index is 2.27. The molecule has 0 radical (unpaired) electrons. The molecule has 0 aromatic carbocycles. The monoisotopic (exact) mass is 294 g/mol. The van der Waals surface area contributed by atoms with Crippen molar-refractivity contribution in [3.05, 3.63) is 16.1 Å². The quantitative estimate of drug-likeness (QED) is 0.454. The maximum absolute atomic E-state index is 10.6. The zero-order chi connectivity index (χ0) is 12.9. The van der Waals surface area contributed by atoms with Gasteiger partial charge in [0.1, 0.15) is 5.84 Å². The Kier molecular flexibility index (Phi) is 5.37. The van der Waals surface area contributed by atoms with Crippen molar-refractivity contribution < 1.29 is 8.42 Å². The number of nitrogens with zero attached hydrogens (tertiary/aromatic N) is 2. The van der Waals surface area contributed by atoms with Gasteiger partial charge in [-0.15, -0.1) is 15.7 Å². The van der Waals surface area contributed by atoms with Crippen molar-refractivity contribution in [3.8, 4) is 0 Å². The Hall–Kier alpha value is -0.640. The Morgan fingerprint density at radius 3 is 2.88 bits per heavy atom. The number of nitrogens with two attached hydrogens (primary N) is 2. The maximum Gasteiger partial charge on any atom is 0.318 e. The SMILES string of the molecule is Cc1nc(CSCCC(N)=NS(N)(=O)=O)cs1. The minimum atomic E-state index is -3.87. The molecule has 0 aliphatic carbocycles. The van der Waals surface area contributed by atoms with Gasteiger partial charge in [0, 0.05) is 23.3 Å². The Morgan fingerprint density at radius 1 is 1.65 bits per heavy atom. The molecule has 4 N–H and O–H groups in total. The minimum absolute atomic E-state index is 0.0365. The molecule has 1 aromatic rings. The second kappa shape index (κ2) is 6.34. The minimum Gasteiger partial charge on any atom is -0.386 e. The van der Waals surface area contributed by atoms with Crippen molar-refractivity contribution in [1.29, 1.82) is 0 Å². The van der Waals surface area contributed by atoms with Gasteiger partial charge in [-0.2, -0.15) is 20.2 Å². The second-order valence-electron chi connectivity index (χ2n) is 3.26. The largest absolute Gasteiger partial charge is 0.386 e. The summed E-state index contributed by atoms with van der Waals surface area (Å²) in [5, 5.41) is 7.77. The molecule has 1 aromatic heterocycles. The normalized spacial score (nSPS) is 12.9. The van der Waals surface area contributed by atoms with Crippen molar-refractivity contribution in [2.24, 2.45) is 15.3 Å². The van der Waals surface area contributed by atoms with Crippen LogP contribution in [0.2, 0.25) is 0 Å². The van der Waals surface area contributed by atoms with Gasteiger partial charge >= 0.3 is 10.2 Å². The summed E-state index contributed by atoms with van der Waals surface area (Å²) in [6, 6.07) is 0. The molecule has 0 spiro atoms. The van der Waals surface area contributed by atoms with E-state index in [4.69, 9.17) is 10.9 Å². The summed E-state index contributed by atoms with van der Waals surface area (Å²) in [6.45, 7) is 1.95. The van der Waals surface area contributed by atoms with Crippen molar-refractivity contribution in [1.82, 2.24) is 4.98 Å². The van der Waals surface area contributed by atoms with E-state index < -0.39 is 10.2 Å². The number of aromatic nitrogens is 1. The van der Waals surface area contributed by atoms with Gasteiger partial charge in [-0.1, -0.05) is 0 Å². The third-order valence-corrected chi connectivity index (χ3v) is 3.97. The smallest absolute Gasteiger partial charge is 0.318 e. The van der Waals surface area contributed by atoms with Gasteiger partial charge in [0.15, 0.2) is 0 Å². The van der Waals surface area contributed by atoms with Crippen LogP contribution in [0.15, 0.2) is 9.78 Å². The highest BCUT2D eigenvalue weighted by Gasteiger charge is 2.02. The third-order valence-electron chi connectivity index (χ3n) is 1.66. The summed E-state index contributed by atoms with van der Waals surface area (Å²) in [4.78, 5) is 4.31. The van der Waals surface area contributed by atoms with Crippen LogP contribution in [0.25, 0.3) is 0 Å². The highest BCUT2D eigenvalue weighted by Crippen LogP contribution is 2.15. The molecular weight excluding hydrogens is 280 g/mol. The molecule has 0 amide bonds. The zero-order valence-corrected chi connectivity index (χ0v) is 11.7. The van der Waals surface area contributed by atoms with Crippen molar-refractivity contribution in [3.63, 3.8) is 0 Å². The van der Waals surface area contributed by atoms with Gasteiger partial charge in [0.2, 0.25) is 0 Å². The first-order valence-electron chi connectivity index (χ1n) is 4.72. The molecule has 17 heavy (non-hydrogen) atoms. The summed E-state index contributed by atoms with van der Waals surface area (Å²) < 4.78 is 24.4. The Bertz CT molecular complexity index is 495. The van der Waals surface area contributed by atoms with E-state index in [0.29, 0.717) is 12.2 Å². The lowest BCUT2D eigenvalue weighted by Crippen LogP contribution is -2.19. The van der Waals surface area contributed by atoms with Crippen LogP contribution < -0.4 is 10.9 Å². The van der Waals surface area contributed by atoms with Gasteiger partial charge in [0.25, 0.3) is 0 Å². The number of hydrogen-bond acceptors (Lipinski definition) is 5. The van der Waals surface area contributed by atoms with Crippen molar-refractivity contribution >= 4 is 39.1 Å². The Morgan fingerprint density at radius 2 is 2.35 bits per heavy atom. The molecule has 6 nitrogen and oxygen atoms in total. The summed E-state index contributed by atoms with van der Waals surface area (Å²) in [5.41, 5.74) is 6.43. The number of thiazole rings is 1. The van der Waals surface area contributed by atoms with Crippen molar-refractivity contribution in [2.75, 3.05) is 5.75 Å².